The Labute approximate surface area is 81.6 Å². The Morgan fingerprint density at radius 2 is 1.79 bits per heavy atom. The molecule has 0 aliphatic carbocycles. The first kappa shape index (κ1) is 8.23. The van der Waals surface area contributed by atoms with E-state index in [2.05, 4.69) is 16.0 Å². The van der Waals surface area contributed by atoms with E-state index in [1.807, 2.05) is 0 Å². The average molecular weight is 195 g/mol. The molecule has 0 aromatic carbocycles. The summed E-state index contributed by atoms with van der Waals surface area (Å²) >= 11 is 0. The van der Waals surface area contributed by atoms with E-state index in [4.69, 9.17) is 0 Å². The number of carbonyl (C=O) groups is 2. The number of piperidine rings is 1. The first-order valence-corrected chi connectivity index (χ1v) is 5.08. The summed E-state index contributed by atoms with van der Waals surface area (Å²) in [5, 5.41) is 8.56. The zero-order valence-corrected chi connectivity index (χ0v) is 7.80. The van der Waals surface area contributed by atoms with E-state index < -0.39 is 5.54 Å². The van der Waals surface area contributed by atoms with Gasteiger partial charge in [-0.1, -0.05) is 0 Å². The van der Waals surface area contributed by atoms with Crippen molar-refractivity contribution in [2.75, 3.05) is 0 Å². The molecule has 3 heterocycles. The van der Waals surface area contributed by atoms with Crippen LogP contribution in [0.2, 0.25) is 0 Å². The van der Waals surface area contributed by atoms with Crippen LogP contribution in [0.4, 0.5) is 4.79 Å². The first-order valence-electron chi connectivity index (χ1n) is 5.08. The minimum Gasteiger partial charge on any atom is -0.323 e. The van der Waals surface area contributed by atoms with Gasteiger partial charge in [0.05, 0.1) is 0 Å². The van der Waals surface area contributed by atoms with Gasteiger partial charge in [-0.2, -0.15) is 0 Å². The molecule has 1 spiro atoms. The Morgan fingerprint density at radius 1 is 1.14 bits per heavy atom. The molecule has 5 heteroatoms. The second-order valence-electron chi connectivity index (χ2n) is 4.54. The molecular formula is C9H13N3O2. The third kappa shape index (κ3) is 0.987. The molecule has 3 saturated heterocycles. The smallest absolute Gasteiger partial charge is 0.322 e. The maximum atomic E-state index is 11.7. The predicted octanol–water partition coefficient (Wildman–Crippen LogP) is -0.521. The second kappa shape index (κ2) is 2.48. The summed E-state index contributed by atoms with van der Waals surface area (Å²) in [5.41, 5.74) is -0.603. The van der Waals surface area contributed by atoms with Gasteiger partial charge >= 0.3 is 6.03 Å². The van der Waals surface area contributed by atoms with E-state index >= 15 is 0 Å². The number of nitrogens with one attached hydrogen (secondary N) is 3. The molecular weight excluding hydrogens is 182 g/mol. The molecule has 0 saturated carbocycles. The third-order valence-corrected chi connectivity index (χ3v) is 3.54. The highest BCUT2D eigenvalue weighted by Crippen LogP contribution is 2.35. The van der Waals surface area contributed by atoms with Crippen molar-refractivity contribution in [2.45, 2.75) is 43.3 Å². The van der Waals surface area contributed by atoms with Crippen molar-refractivity contribution in [1.82, 2.24) is 16.0 Å². The van der Waals surface area contributed by atoms with Gasteiger partial charge in [0.15, 0.2) is 0 Å². The molecule has 14 heavy (non-hydrogen) atoms. The maximum absolute atomic E-state index is 11.7. The summed E-state index contributed by atoms with van der Waals surface area (Å²) in [6, 6.07) is 0.465. The molecule has 76 valence electrons. The number of hydrogen-bond donors (Lipinski definition) is 3. The van der Waals surface area contributed by atoms with Crippen LogP contribution in [0.3, 0.4) is 0 Å². The number of amides is 3. The standard InChI is InChI=1S/C9H13N3O2/c13-7-9(12-8(14)11-7)3-5-1-2-6(4-9)10-5/h5-6,10H,1-4H2,(H2,11,12,13,14). The number of rotatable bonds is 0. The third-order valence-electron chi connectivity index (χ3n) is 3.54. The van der Waals surface area contributed by atoms with Crippen molar-refractivity contribution in [3.63, 3.8) is 0 Å². The molecule has 2 unspecified atom stereocenters. The number of carbonyl (C=O) groups excluding carboxylic acids is 2. The summed E-state index contributed by atoms with van der Waals surface area (Å²) in [7, 11) is 0. The number of hydrogen-bond acceptors (Lipinski definition) is 3. The van der Waals surface area contributed by atoms with E-state index in [0.29, 0.717) is 12.1 Å². The Hall–Kier alpha value is -1.10. The van der Waals surface area contributed by atoms with Crippen LogP contribution in [0, 0.1) is 0 Å². The second-order valence-corrected chi connectivity index (χ2v) is 4.54. The van der Waals surface area contributed by atoms with E-state index in [1.54, 1.807) is 0 Å². The van der Waals surface area contributed by atoms with Gasteiger partial charge in [-0.05, 0) is 25.7 Å². The fourth-order valence-electron chi connectivity index (χ4n) is 2.96. The highest BCUT2D eigenvalue weighted by atomic mass is 16.2. The molecule has 2 atom stereocenters. The highest BCUT2D eigenvalue weighted by Gasteiger charge is 2.53. The van der Waals surface area contributed by atoms with Crippen molar-refractivity contribution in [1.29, 1.82) is 0 Å². The van der Waals surface area contributed by atoms with Crippen LogP contribution < -0.4 is 16.0 Å². The predicted molar refractivity (Wildman–Crippen MR) is 48.6 cm³/mol. The largest absolute Gasteiger partial charge is 0.323 e. The monoisotopic (exact) mass is 195 g/mol. The van der Waals surface area contributed by atoms with Crippen LogP contribution in [0.5, 0.6) is 0 Å². The number of imide groups is 1. The molecule has 0 aromatic heterocycles. The maximum Gasteiger partial charge on any atom is 0.322 e. The van der Waals surface area contributed by atoms with Crippen molar-refractivity contribution in [3.8, 4) is 0 Å². The van der Waals surface area contributed by atoms with Crippen LogP contribution in [0.15, 0.2) is 0 Å². The van der Waals surface area contributed by atoms with Crippen molar-refractivity contribution < 1.29 is 9.59 Å². The molecule has 5 nitrogen and oxygen atoms in total. The summed E-state index contributed by atoms with van der Waals surface area (Å²) in [4.78, 5) is 22.8. The molecule has 3 aliphatic heterocycles. The molecule has 0 aromatic rings. The van der Waals surface area contributed by atoms with Crippen molar-refractivity contribution in [2.24, 2.45) is 0 Å². The Morgan fingerprint density at radius 3 is 2.29 bits per heavy atom. The van der Waals surface area contributed by atoms with E-state index in [1.165, 1.54) is 0 Å². The topological polar surface area (TPSA) is 70.2 Å². The first-order chi connectivity index (χ1) is 6.68. The molecule has 3 aliphatic rings. The molecule has 3 N–H and O–H groups in total. The minimum absolute atomic E-state index is 0.138. The molecule has 3 fully saturated rings. The summed E-state index contributed by atoms with van der Waals surface area (Å²) in [6.45, 7) is 0. The Kier molecular flexibility index (Phi) is 1.45. The molecule has 0 radical (unpaired) electrons. The van der Waals surface area contributed by atoms with Gasteiger partial charge in [0, 0.05) is 12.1 Å². The van der Waals surface area contributed by atoms with Crippen LogP contribution in [-0.2, 0) is 4.79 Å². The van der Waals surface area contributed by atoms with Gasteiger partial charge in [0.25, 0.3) is 5.91 Å². The van der Waals surface area contributed by atoms with Gasteiger partial charge in [0.2, 0.25) is 0 Å². The van der Waals surface area contributed by atoms with Gasteiger partial charge in [-0.15, -0.1) is 0 Å². The average Bonchev–Trinajstić information content (AvgIpc) is 2.56. The van der Waals surface area contributed by atoms with Crippen molar-refractivity contribution >= 4 is 11.9 Å². The molecule has 3 amide bonds. The SMILES string of the molecule is O=C1NC(=O)C2(CC3CCC(C2)N3)N1. The lowest BCUT2D eigenvalue weighted by molar-refractivity contribution is -0.125. The van der Waals surface area contributed by atoms with Crippen LogP contribution in [-0.4, -0.2) is 29.6 Å². The summed E-state index contributed by atoms with van der Waals surface area (Å²) in [6.07, 6.45) is 3.72. The lowest BCUT2D eigenvalue weighted by Gasteiger charge is -2.35. The fourth-order valence-corrected chi connectivity index (χ4v) is 2.96. The molecule has 2 bridgehead atoms. The zero-order valence-electron chi connectivity index (χ0n) is 7.80. The van der Waals surface area contributed by atoms with Crippen molar-refractivity contribution in [3.05, 3.63) is 0 Å². The van der Waals surface area contributed by atoms with Gasteiger partial charge in [-0.25, -0.2) is 4.79 Å². The summed E-state index contributed by atoms with van der Waals surface area (Å²) < 4.78 is 0. The lowest BCUT2D eigenvalue weighted by Crippen LogP contribution is -2.57. The lowest BCUT2D eigenvalue weighted by atomic mass is 9.84. The van der Waals surface area contributed by atoms with Gasteiger partial charge < -0.3 is 10.6 Å². The zero-order chi connectivity index (χ0) is 9.76. The summed E-state index contributed by atoms with van der Waals surface area (Å²) in [5.74, 6) is -0.138. The van der Waals surface area contributed by atoms with Crippen LogP contribution >= 0.6 is 0 Å². The number of urea groups is 1. The fraction of sp³-hybridized carbons (Fsp3) is 0.778. The van der Waals surface area contributed by atoms with Crippen LogP contribution in [0.25, 0.3) is 0 Å². The van der Waals surface area contributed by atoms with Gasteiger partial charge in [-0.3, -0.25) is 10.1 Å². The number of fused-ring (bicyclic) bond motifs is 2. The van der Waals surface area contributed by atoms with Gasteiger partial charge in [0.1, 0.15) is 5.54 Å². The highest BCUT2D eigenvalue weighted by molar-refractivity contribution is 6.07. The normalized spacial score (nSPS) is 45.4. The Bertz CT molecular complexity index is 303. The van der Waals surface area contributed by atoms with E-state index in [0.717, 1.165) is 25.7 Å². The molecule has 3 rings (SSSR count). The van der Waals surface area contributed by atoms with E-state index in [-0.39, 0.29) is 11.9 Å². The minimum atomic E-state index is -0.603. The van der Waals surface area contributed by atoms with Crippen LogP contribution in [0.1, 0.15) is 25.7 Å². The van der Waals surface area contributed by atoms with E-state index in [9.17, 15) is 9.59 Å². The quantitative estimate of drug-likeness (QED) is 0.455. The Balaban J connectivity index is 1.90.